The molecule has 1 atom stereocenters. The first-order valence-corrected chi connectivity index (χ1v) is 10.9. The van der Waals surface area contributed by atoms with Crippen molar-refractivity contribution in [2.75, 3.05) is 12.4 Å². The lowest BCUT2D eigenvalue weighted by Crippen LogP contribution is -2.37. The molecule has 12 heteroatoms. The molecule has 1 aromatic carbocycles. The fourth-order valence-corrected chi connectivity index (χ4v) is 3.90. The number of hydrogen-bond acceptors (Lipinski definition) is 7. The number of aliphatic hydroxyl groups is 1. The van der Waals surface area contributed by atoms with Gasteiger partial charge in [0.05, 0.1) is 23.7 Å². The highest BCUT2D eigenvalue weighted by Gasteiger charge is 2.32. The van der Waals surface area contributed by atoms with Crippen LogP contribution in [0.25, 0.3) is 11.3 Å². The van der Waals surface area contributed by atoms with Gasteiger partial charge in [0, 0.05) is 22.5 Å². The van der Waals surface area contributed by atoms with Crippen molar-refractivity contribution in [3.05, 3.63) is 57.7 Å². The topological polar surface area (TPSA) is 74.2 Å². The van der Waals surface area contributed by atoms with Crippen LogP contribution in [0.15, 0.2) is 30.6 Å². The predicted molar refractivity (Wildman–Crippen MR) is 119 cm³/mol. The Morgan fingerprint density at radius 1 is 1.15 bits per heavy atom. The number of halogens is 5. The minimum atomic E-state index is -4.71. The maximum Gasteiger partial charge on any atom is 0.416 e. The summed E-state index contributed by atoms with van der Waals surface area (Å²) in [6.07, 6.45) is -3.45. The minimum Gasteiger partial charge on any atom is -0.368 e. The zero-order valence-electron chi connectivity index (χ0n) is 18.2. The van der Waals surface area contributed by atoms with Crippen LogP contribution in [-0.4, -0.2) is 37.5 Å². The van der Waals surface area contributed by atoms with Crippen LogP contribution in [0.4, 0.5) is 22.7 Å². The molecule has 0 saturated carbocycles. The van der Waals surface area contributed by atoms with E-state index in [0.29, 0.717) is 17.5 Å². The molecule has 0 spiro atoms. The summed E-state index contributed by atoms with van der Waals surface area (Å²) in [5, 5.41) is 13.6. The molecule has 0 amide bonds. The number of hydrogen-bond donors (Lipinski definition) is 2. The Morgan fingerprint density at radius 2 is 1.85 bits per heavy atom. The Hall–Kier alpha value is -2.34. The summed E-state index contributed by atoms with van der Waals surface area (Å²) in [5.41, 5.74) is -0.990. The van der Waals surface area contributed by atoms with Gasteiger partial charge in [0.15, 0.2) is 11.4 Å². The Labute approximate surface area is 197 Å². The molecule has 0 saturated heterocycles. The van der Waals surface area contributed by atoms with Crippen molar-refractivity contribution in [2.45, 2.75) is 45.3 Å². The van der Waals surface area contributed by atoms with Gasteiger partial charge in [0.25, 0.3) is 0 Å². The maximum absolute atomic E-state index is 14.1. The van der Waals surface area contributed by atoms with Crippen molar-refractivity contribution in [1.29, 1.82) is 0 Å². The number of nitrogens with one attached hydrogen (secondary N) is 1. The number of nitrogens with zero attached hydrogens (tertiary/aromatic N) is 4. The first-order chi connectivity index (χ1) is 15.2. The van der Waals surface area contributed by atoms with Crippen LogP contribution in [0.5, 0.6) is 0 Å². The third-order valence-corrected chi connectivity index (χ3v) is 6.07. The quantitative estimate of drug-likeness (QED) is 0.330. The van der Waals surface area contributed by atoms with E-state index in [1.807, 2.05) is 32.7 Å². The van der Waals surface area contributed by atoms with E-state index in [-0.39, 0.29) is 32.8 Å². The zero-order valence-corrected chi connectivity index (χ0v) is 19.8. The first-order valence-electron chi connectivity index (χ1n) is 9.75. The molecule has 3 aromatic rings. The lowest BCUT2D eigenvalue weighted by molar-refractivity contribution is -0.137. The van der Waals surface area contributed by atoms with Gasteiger partial charge in [-0.05, 0) is 46.0 Å². The Kier molecular flexibility index (Phi) is 7.27. The Balaban J connectivity index is 2.02. The van der Waals surface area contributed by atoms with Gasteiger partial charge in [-0.2, -0.15) is 13.2 Å². The van der Waals surface area contributed by atoms with Crippen LogP contribution in [0.2, 0.25) is 5.15 Å². The summed E-state index contributed by atoms with van der Waals surface area (Å²) in [5.74, 6) is -1.02. The molecule has 0 aliphatic carbocycles. The molecule has 0 fully saturated rings. The number of thiazole rings is 1. The molecule has 0 aliphatic rings. The highest BCUT2D eigenvalue weighted by Crippen LogP contribution is 2.38. The molecule has 33 heavy (non-hydrogen) atoms. The van der Waals surface area contributed by atoms with E-state index >= 15 is 0 Å². The molecule has 2 N–H and O–H groups in total. The monoisotopic (exact) mass is 503 g/mol. The molecule has 1 unspecified atom stereocenters. The van der Waals surface area contributed by atoms with Crippen LogP contribution in [0.3, 0.4) is 0 Å². The van der Waals surface area contributed by atoms with Gasteiger partial charge in [-0.3, -0.25) is 9.88 Å². The smallest absolute Gasteiger partial charge is 0.368 e. The van der Waals surface area contributed by atoms with Crippen molar-refractivity contribution >= 4 is 28.1 Å². The highest BCUT2D eigenvalue weighted by molar-refractivity contribution is 7.16. The number of rotatable bonds is 6. The number of benzene rings is 1. The molecule has 2 aromatic heterocycles. The van der Waals surface area contributed by atoms with Crippen molar-refractivity contribution in [2.24, 2.45) is 0 Å². The van der Waals surface area contributed by atoms with Gasteiger partial charge in [-0.15, -0.1) is 11.3 Å². The minimum absolute atomic E-state index is 0.00953. The van der Waals surface area contributed by atoms with Crippen LogP contribution in [0, 0.1) is 5.82 Å². The summed E-state index contributed by atoms with van der Waals surface area (Å²) in [4.78, 5) is 14.8. The normalized spacial score (nSPS) is 13.4. The lowest BCUT2D eigenvalue weighted by atomic mass is 10.0. The third kappa shape index (κ3) is 6.38. The van der Waals surface area contributed by atoms with Crippen LogP contribution >= 0.6 is 22.9 Å². The summed E-state index contributed by atoms with van der Waals surface area (Å²) in [6, 6.07) is 2.32. The molecule has 0 aliphatic heterocycles. The number of aromatic nitrogens is 3. The van der Waals surface area contributed by atoms with E-state index in [4.69, 9.17) is 11.6 Å². The summed E-state index contributed by atoms with van der Waals surface area (Å²) >= 11 is 6.85. The van der Waals surface area contributed by atoms with Gasteiger partial charge in [0.1, 0.15) is 16.7 Å². The van der Waals surface area contributed by atoms with E-state index in [0.717, 1.165) is 23.5 Å². The van der Waals surface area contributed by atoms with E-state index in [2.05, 4.69) is 20.3 Å². The number of alkyl halides is 3. The largest absolute Gasteiger partial charge is 0.416 e. The molecule has 0 radical (unpaired) electrons. The van der Waals surface area contributed by atoms with Gasteiger partial charge < -0.3 is 10.4 Å². The van der Waals surface area contributed by atoms with Gasteiger partial charge >= 0.3 is 6.18 Å². The second kappa shape index (κ2) is 9.49. The molecule has 0 bridgehead atoms. The van der Waals surface area contributed by atoms with Gasteiger partial charge in [-0.1, -0.05) is 11.6 Å². The van der Waals surface area contributed by atoms with Crippen LogP contribution < -0.4 is 5.32 Å². The zero-order chi connectivity index (χ0) is 24.6. The number of anilines is 1. The van der Waals surface area contributed by atoms with E-state index in [1.165, 1.54) is 12.4 Å². The lowest BCUT2D eigenvalue weighted by Gasteiger charge is -2.31. The molecule has 2 heterocycles. The average molecular weight is 504 g/mol. The first kappa shape index (κ1) is 25.3. The fraction of sp³-hybridized carbons (Fsp3) is 0.381. The van der Waals surface area contributed by atoms with E-state index in [1.54, 1.807) is 0 Å². The van der Waals surface area contributed by atoms with Gasteiger partial charge in [0.2, 0.25) is 0 Å². The van der Waals surface area contributed by atoms with Gasteiger partial charge in [-0.25, -0.2) is 14.4 Å². The van der Waals surface area contributed by atoms with Crippen LogP contribution in [0.1, 0.15) is 43.1 Å². The van der Waals surface area contributed by atoms with Crippen molar-refractivity contribution in [1.82, 2.24) is 19.9 Å². The third-order valence-electron chi connectivity index (χ3n) is 4.90. The fourth-order valence-electron chi connectivity index (χ4n) is 2.74. The predicted octanol–water partition coefficient (Wildman–Crippen LogP) is 5.74. The molecular formula is C21H22ClF4N5OS. The summed E-state index contributed by atoms with van der Waals surface area (Å²) in [7, 11) is 1.86. The van der Waals surface area contributed by atoms with Crippen molar-refractivity contribution in [3.8, 4) is 11.3 Å². The Morgan fingerprint density at radius 3 is 2.42 bits per heavy atom. The van der Waals surface area contributed by atoms with E-state index in [9.17, 15) is 22.7 Å². The summed E-state index contributed by atoms with van der Waals surface area (Å²) in [6.45, 7) is 6.30. The maximum atomic E-state index is 14.1. The molecular weight excluding hydrogens is 482 g/mol. The molecule has 6 nitrogen and oxygen atoms in total. The second-order valence-electron chi connectivity index (χ2n) is 8.35. The summed E-state index contributed by atoms with van der Waals surface area (Å²) < 4.78 is 53.9. The molecule has 178 valence electrons. The Bertz CT molecular complexity index is 1120. The average Bonchev–Trinajstić information content (AvgIpc) is 3.08. The second-order valence-corrected chi connectivity index (χ2v) is 9.83. The van der Waals surface area contributed by atoms with Crippen molar-refractivity contribution in [3.63, 3.8) is 0 Å². The number of aliphatic hydroxyl groups excluding tert-OH is 1. The highest BCUT2D eigenvalue weighted by atomic mass is 35.5. The van der Waals surface area contributed by atoms with Crippen LogP contribution in [-0.2, 0) is 12.7 Å². The molecule has 3 rings (SSSR count). The standard InChI is InChI=1S/C21H22ClF4N5OS/c1-20(2,3)31(4)10-15-17(11-5-12(21(24,25)26)7-13(23)6-11)29-19(33-15)30-18(32)14-8-28-16(22)9-27-14/h5-9,18,32H,10H2,1-4H3,(H,29,30). The van der Waals surface area contributed by atoms with E-state index < -0.39 is 23.8 Å². The van der Waals surface area contributed by atoms with Crippen molar-refractivity contribution < 1.29 is 22.7 Å². The SMILES string of the molecule is CN(Cc1sc(NC(O)c2cnc(Cl)cn2)nc1-c1cc(F)cc(C(F)(F)F)c1)C(C)(C)C.